The second-order valence-electron chi connectivity index (χ2n) is 10.4. The van der Waals surface area contributed by atoms with Gasteiger partial charge in [0, 0.05) is 31.4 Å². The summed E-state index contributed by atoms with van der Waals surface area (Å²) in [5.41, 5.74) is 2.65. The molecule has 0 spiro atoms. The topological polar surface area (TPSA) is 82.4 Å². The Labute approximate surface area is 265 Å². The molecule has 0 amide bonds. The highest BCUT2D eigenvalue weighted by Crippen LogP contribution is 2.32. The van der Waals surface area contributed by atoms with Crippen molar-refractivity contribution >= 4 is 29.1 Å². The molecule has 0 saturated heterocycles. The first-order valence-electron chi connectivity index (χ1n) is 14.0. The van der Waals surface area contributed by atoms with E-state index in [4.69, 9.17) is 14.2 Å². The van der Waals surface area contributed by atoms with Crippen molar-refractivity contribution in [2.24, 2.45) is 4.99 Å². The molecule has 1 aliphatic heterocycles. The monoisotopic (exact) mass is 655 g/mol. The van der Waals surface area contributed by atoms with Crippen LogP contribution in [0.3, 0.4) is 0 Å². The fourth-order valence-corrected chi connectivity index (χ4v) is 6.09. The van der Waals surface area contributed by atoms with E-state index < -0.39 is 53.2 Å². The van der Waals surface area contributed by atoms with Gasteiger partial charge in [-0.25, -0.2) is 18.6 Å². The standard InChI is InChI=1S/C33H29F4N3O5S/c1-6-44-32(42)26-17(2)38-33-40(29(26)19-8-10-21(11-9-19)39(3)4)31(41)25(46-33)14-18-7-12-24(43-5)20(13-18)16-45-30-27(36)22(34)15-23(35)28(30)37/h7-15,29H,6,16H2,1-5H3/t29-/m1/s1. The number of hydrogen-bond donors (Lipinski definition) is 0. The second kappa shape index (κ2) is 13.2. The van der Waals surface area contributed by atoms with E-state index in [9.17, 15) is 27.2 Å². The van der Waals surface area contributed by atoms with E-state index in [1.165, 1.54) is 11.7 Å². The molecule has 0 unspecified atom stereocenters. The first-order valence-corrected chi connectivity index (χ1v) is 14.9. The third-order valence-corrected chi connectivity index (χ3v) is 8.27. The molecule has 0 bridgehead atoms. The lowest BCUT2D eigenvalue weighted by molar-refractivity contribution is -0.139. The molecule has 0 fully saturated rings. The quantitative estimate of drug-likeness (QED) is 0.143. The van der Waals surface area contributed by atoms with E-state index in [-0.39, 0.29) is 34.1 Å². The molecule has 0 N–H and O–H groups in total. The van der Waals surface area contributed by atoms with Crippen LogP contribution < -0.4 is 29.3 Å². The van der Waals surface area contributed by atoms with Crippen LogP contribution in [0.4, 0.5) is 23.2 Å². The lowest BCUT2D eigenvalue weighted by Gasteiger charge is -2.25. The molecule has 46 heavy (non-hydrogen) atoms. The number of aromatic nitrogens is 1. The minimum Gasteiger partial charge on any atom is -0.496 e. The van der Waals surface area contributed by atoms with Crippen LogP contribution in [0.2, 0.25) is 0 Å². The van der Waals surface area contributed by atoms with Crippen molar-refractivity contribution in [1.82, 2.24) is 4.57 Å². The Balaban J connectivity index is 1.58. The molecular weight excluding hydrogens is 626 g/mol. The van der Waals surface area contributed by atoms with Crippen LogP contribution >= 0.6 is 11.3 Å². The molecule has 0 saturated carbocycles. The normalized spacial score (nSPS) is 14.5. The summed E-state index contributed by atoms with van der Waals surface area (Å²) in [6.45, 7) is 3.02. The molecule has 1 atom stereocenters. The Bertz CT molecular complexity index is 2010. The average Bonchev–Trinajstić information content (AvgIpc) is 3.33. The smallest absolute Gasteiger partial charge is 0.338 e. The Morgan fingerprint density at radius 3 is 2.33 bits per heavy atom. The number of halogens is 4. The van der Waals surface area contributed by atoms with Crippen molar-refractivity contribution in [2.45, 2.75) is 26.5 Å². The molecule has 13 heteroatoms. The molecule has 240 valence electrons. The van der Waals surface area contributed by atoms with Gasteiger partial charge in [0.1, 0.15) is 12.4 Å². The first kappa shape index (κ1) is 32.5. The van der Waals surface area contributed by atoms with Gasteiger partial charge in [0.05, 0.1) is 35.6 Å². The van der Waals surface area contributed by atoms with Gasteiger partial charge < -0.3 is 19.1 Å². The molecule has 3 aromatic carbocycles. The van der Waals surface area contributed by atoms with Crippen molar-refractivity contribution in [3.05, 3.63) is 119 Å². The minimum atomic E-state index is -1.67. The van der Waals surface area contributed by atoms with Crippen molar-refractivity contribution in [3.63, 3.8) is 0 Å². The van der Waals surface area contributed by atoms with Gasteiger partial charge in [-0.3, -0.25) is 9.36 Å². The largest absolute Gasteiger partial charge is 0.496 e. The summed E-state index contributed by atoms with van der Waals surface area (Å²) in [6, 6.07) is 11.5. The maximum absolute atomic E-state index is 14.2. The number of allylic oxidation sites excluding steroid dienone is 1. The fourth-order valence-electron chi connectivity index (χ4n) is 5.04. The van der Waals surface area contributed by atoms with Gasteiger partial charge in [-0.2, -0.15) is 8.78 Å². The number of esters is 1. The highest BCUT2D eigenvalue weighted by atomic mass is 32.1. The van der Waals surface area contributed by atoms with Crippen LogP contribution in [-0.4, -0.2) is 38.3 Å². The van der Waals surface area contributed by atoms with Gasteiger partial charge in [0.25, 0.3) is 5.56 Å². The van der Waals surface area contributed by atoms with Crippen LogP contribution in [0.25, 0.3) is 6.08 Å². The molecule has 1 aliphatic rings. The summed E-state index contributed by atoms with van der Waals surface area (Å²) in [5, 5.41) is 0. The van der Waals surface area contributed by atoms with Crippen LogP contribution in [0, 0.1) is 23.3 Å². The summed E-state index contributed by atoms with van der Waals surface area (Å²) in [5.74, 6) is -8.05. The fraction of sp³-hybridized carbons (Fsp3) is 0.242. The molecule has 0 radical (unpaired) electrons. The first-order chi connectivity index (χ1) is 21.9. The molecule has 1 aromatic heterocycles. The number of carbonyl (C=O) groups is 1. The second-order valence-corrected chi connectivity index (χ2v) is 11.5. The van der Waals surface area contributed by atoms with E-state index in [1.54, 1.807) is 38.1 Å². The van der Waals surface area contributed by atoms with E-state index >= 15 is 0 Å². The summed E-state index contributed by atoms with van der Waals surface area (Å²) in [7, 11) is 5.18. The number of hydrogen-bond acceptors (Lipinski definition) is 8. The third-order valence-electron chi connectivity index (χ3n) is 7.29. The van der Waals surface area contributed by atoms with Crippen molar-refractivity contribution in [3.8, 4) is 11.5 Å². The Kier molecular flexibility index (Phi) is 9.33. The van der Waals surface area contributed by atoms with Crippen LogP contribution in [0.15, 0.2) is 69.6 Å². The number of ether oxygens (including phenoxy) is 3. The number of anilines is 1. The molecule has 5 rings (SSSR count). The zero-order valence-corrected chi connectivity index (χ0v) is 26.3. The Morgan fingerprint density at radius 2 is 1.72 bits per heavy atom. The summed E-state index contributed by atoms with van der Waals surface area (Å²) < 4.78 is 73.3. The van der Waals surface area contributed by atoms with Gasteiger partial charge in [0.15, 0.2) is 22.2 Å². The minimum absolute atomic E-state index is 0.0925. The summed E-state index contributed by atoms with van der Waals surface area (Å²) in [4.78, 5) is 34.0. The molecule has 4 aromatic rings. The van der Waals surface area contributed by atoms with Gasteiger partial charge in [-0.1, -0.05) is 29.5 Å². The molecule has 8 nitrogen and oxygen atoms in total. The number of fused-ring (bicyclic) bond motifs is 1. The van der Waals surface area contributed by atoms with Crippen molar-refractivity contribution in [1.29, 1.82) is 0 Å². The zero-order valence-electron chi connectivity index (χ0n) is 25.5. The van der Waals surface area contributed by atoms with Gasteiger partial charge in [-0.05, 0) is 55.3 Å². The third kappa shape index (κ3) is 6.14. The molecular formula is C33H29F4N3O5S. The van der Waals surface area contributed by atoms with E-state index in [1.807, 2.05) is 43.3 Å². The van der Waals surface area contributed by atoms with Gasteiger partial charge >= 0.3 is 5.97 Å². The van der Waals surface area contributed by atoms with Crippen LogP contribution in [0.5, 0.6) is 11.5 Å². The Hall–Kier alpha value is -4.91. The van der Waals surface area contributed by atoms with E-state index in [0.717, 1.165) is 17.0 Å². The lowest BCUT2D eigenvalue weighted by atomic mass is 9.95. The zero-order chi connectivity index (χ0) is 33.3. The lowest BCUT2D eigenvalue weighted by Crippen LogP contribution is -2.39. The number of nitrogens with zero attached hydrogens (tertiary/aromatic N) is 3. The van der Waals surface area contributed by atoms with Crippen molar-refractivity contribution < 1.29 is 36.6 Å². The molecule has 0 aliphatic carbocycles. The van der Waals surface area contributed by atoms with Crippen LogP contribution in [-0.2, 0) is 16.1 Å². The van der Waals surface area contributed by atoms with Gasteiger partial charge in [0.2, 0.25) is 11.6 Å². The number of thiazole rings is 1. The SMILES string of the molecule is CCOC(=O)C1=C(C)N=c2sc(=Cc3ccc(OC)c(COc4c(F)c(F)cc(F)c4F)c3)c(=O)n2[C@@H]1c1ccc(N(C)C)cc1. The maximum Gasteiger partial charge on any atom is 0.338 e. The van der Waals surface area contributed by atoms with E-state index in [0.29, 0.717) is 21.6 Å². The highest BCUT2D eigenvalue weighted by Gasteiger charge is 2.33. The number of methoxy groups -OCH3 is 1. The number of carbonyl (C=O) groups excluding carboxylic acids is 1. The predicted molar refractivity (Wildman–Crippen MR) is 165 cm³/mol. The van der Waals surface area contributed by atoms with Crippen LogP contribution in [0.1, 0.15) is 36.6 Å². The van der Waals surface area contributed by atoms with Crippen molar-refractivity contribution in [2.75, 3.05) is 32.7 Å². The summed E-state index contributed by atoms with van der Waals surface area (Å²) in [6.07, 6.45) is 1.59. The average molecular weight is 656 g/mol. The predicted octanol–water partition coefficient (Wildman–Crippen LogP) is 5.01. The summed E-state index contributed by atoms with van der Waals surface area (Å²) >= 11 is 1.12. The highest BCUT2D eigenvalue weighted by molar-refractivity contribution is 7.07. The number of rotatable bonds is 9. The van der Waals surface area contributed by atoms with E-state index in [2.05, 4.69) is 4.99 Å². The van der Waals surface area contributed by atoms with Gasteiger partial charge in [-0.15, -0.1) is 0 Å². The molecule has 2 heterocycles. The maximum atomic E-state index is 14.2. The Morgan fingerprint density at radius 1 is 1.04 bits per heavy atom. The number of benzene rings is 3.